The zero-order chi connectivity index (χ0) is 13.1. The van der Waals surface area contributed by atoms with Gasteiger partial charge in [-0.1, -0.05) is 12.1 Å². The molecule has 17 heavy (non-hydrogen) atoms. The Hall–Kier alpha value is -1.60. The SMILES string of the molecule is O=C(O)CCl.O=C1NS(=O)(=O)c2ccccc21. The van der Waals surface area contributed by atoms with E-state index in [-0.39, 0.29) is 16.3 Å². The number of nitrogens with one attached hydrogen (secondary N) is 1. The van der Waals surface area contributed by atoms with Crippen LogP contribution in [0.4, 0.5) is 0 Å². The molecule has 1 aliphatic rings. The Labute approximate surface area is 102 Å². The van der Waals surface area contributed by atoms with Gasteiger partial charge < -0.3 is 5.11 Å². The molecule has 1 aromatic rings. The van der Waals surface area contributed by atoms with Crippen molar-refractivity contribution in [3.8, 4) is 0 Å². The van der Waals surface area contributed by atoms with Gasteiger partial charge >= 0.3 is 5.97 Å². The Morgan fingerprint density at radius 2 is 1.88 bits per heavy atom. The van der Waals surface area contributed by atoms with E-state index in [1.54, 1.807) is 12.1 Å². The summed E-state index contributed by atoms with van der Waals surface area (Å²) in [7, 11) is -3.55. The summed E-state index contributed by atoms with van der Waals surface area (Å²) in [5, 5.41) is 7.59. The van der Waals surface area contributed by atoms with Crippen LogP contribution in [0, 0.1) is 0 Å². The molecular formula is C9H8ClNO5S. The third kappa shape index (κ3) is 3.18. The molecule has 0 saturated carbocycles. The number of amides is 1. The smallest absolute Gasteiger partial charge is 0.318 e. The number of aliphatic carboxylic acids is 1. The average molecular weight is 278 g/mol. The van der Waals surface area contributed by atoms with Crippen LogP contribution in [-0.2, 0) is 14.8 Å². The zero-order valence-corrected chi connectivity index (χ0v) is 9.96. The minimum Gasteiger partial charge on any atom is -0.480 e. The van der Waals surface area contributed by atoms with Gasteiger partial charge in [0.15, 0.2) is 0 Å². The number of carboxylic acid groups (broad SMARTS) is 1. The van der Waals surface area contributed by atoms with Crippen molar-refractivity contribution in [3.63, 3.8) is 0 Å². The number of rotatable bonds is 1. The fourth-order valence-electron chi connectivity index (χ4n) is 1.12. The molecule has 0 unspecified atom stereocenters. The van der Waals surface area contributed by atoms with E-state index >= 15 is 0 Å². The number of benzene rings is 1. The molecule has 1 amide bonds. The van der Waals surface area contributed by atoms with Gasteiger partial charge in [0.05, 0.1) is 5.56 Å². The van der Waals surface area contributed by atoms with E-state index in [2.05, 4.69) is 0 Å². The lowest BCUT2D eigenvalue weighted by Gasteiger charge is -1.91. The van der Waals surface area contributed by atoms with Crippen molar-refractivity contribution in [3.05, 3.63) is 29.8 Å². The number of sulfonamides is 1. The molecule has 0 spiro atoms. The van der Waals surface area contributed by atoms with Gasteiger partial charge in [0, 0.05) is 0 Å². The highest BCUT2D eigenvalue weighted by molar-refractivity contribution is 7.90. The summed E-state index contributed by atoms with van der Waals surface area (Å²) in [6.07, 6.45) is 0. The largest absolute Gasteiger partial charge is 0.480 e. The first-order valence-corrected chi connectivity index (χ1v) is 6.34. The molecule has 0 atom stereocenters. The topological polar surface area (TPSA) is 101 Å². The van der Waals surface area contributed by atoms with E-state index in [1.165, 1.54) is 12.1 Å². The third-order valence-corrected chi connectivity index (χ3v) is 3.38. The van der Waals surface area contributed by atoms with Gasteiger partial charge in [-0.2, -0.15) is 0 Å². The van der Waals surface area contributed by atoms with Crippen LogP contribution < -0.4 is 4.72 Å². The predicted molar refractivity (Wildman–Crippen MR) is 59.4 cm³/mol. The molecule has 1 aliphatic heterocycles. The second-order valence-electron chi connectivity index (χ2n) is 2.96. The van der Waals surface area contributed by atoms with Crippen LogP contribution in [0.25, 0.3) is 0 Å². The van der Waals surface area contributed by atoms with Crippen molar-refractivity contribution < 1.29 is 23.1 Å². The fourth-order valence-corrected chi connectivity index (χ4v) is 2.29. The molecule has 6 nitrogen and oxygen atoms in total. The normalized spacial score (nSPS) is 15.2. The minimum absolute atomic E-state index is 0.0648. The number of fused-ring (bicyclic) bond motifs is 1. The highest BCUT2D eigenvalue weighted by Gasteiger charge is 2.31. The molecule has 1 aromatic carbocycles. The molecule has 92 valence electrons. The van der Waals surface area contributed by atoms with E-state index in [9.17, 15) is 18.0 Å². The fraction of sp³-hybridized carbons (Fsp3) is 0.111. The van der Waals surface area contributed by atoms with Crippen LogP contribution in [0.1, 0.15) is 10.4 Å². The van der Waals surface area contributed by atoms with Gasteiger partial charge in [-0.15, -0.1) is 11.6 Å². The molecule has 2 rings (SSSR count). The molecular weight excluding hydrogens is 270 g/mol. The van der Waals surface area contributed by atoms with E-state index < -0.39 is 21.9 Å². The summed E-state index contributed by atoms with van der Waals surface area (Å²) >= 11 is 4.74. The van der Waals surface area contributed by atoms with Crippen LogP contribution in [0.15, 0.2) is 29.2 Å². The van der Waals surface area contributed by atoms with Crippen LogP contribution in [-0.4, -0.2) is 31.3 Å². The summed E-state index contributed by atoms with van der Waals surface area (Å²) in [5.74, 6) is -1.84. The first kappa shape index (κ1) is 13.5. The standard InChI is InChI=1S/C7H5NO3S.C2H3ClO2/c9-7-5-3-1-2-4-6(5)12(10,11)8-7;3-1-2(4)5/h1-4H,(H,8,9);1H2,(H,4,5). The van der Waals surface area contributed by atoms with Crippen molar-refractivity contribution in [2.75, 3.05) is 5.88 Å². The minimum atomic E-state index is -3.55. The number of carbonyl (C=O) groups excluding carboxylic acids is 1. The van der Waals surface area contributed by atoms with Gasteiger partial charge in [0.1, 0.15) is 10.8 Å². The average Bonchev–Trinajstić information content (AvgIpc) is 2.51. The number of alkyl halides is 1. The molecule has 2 N–H and O–H groups in total. The summed E-state index contributed by atoms with van der Waals surface area (Å²) in [5.41, 5.74) is 0.220. The lowest BCUT2D eigenvalue weighted by Crippen LogP contribution is -2.20. The maximum atomic E-state index is 11.1. The predicted octanol–water partition coefficient (Wildman–Crippen LogP) is 0.428. The molecule has 0 fully saturated rings. The van der Waals surface area contributed by atoms with Crippen LogP contribution in [0.2, 0.25) is 0 Å². The van der Waals surface area contributed by atoms with E-state index in [4.69, 9.17) is 16.7 Å². The van der Waals surface area contributed by atoms with Crippen molar-refractivity contribution in [2.24, 2.45) is 0 Å². The number of hydrogen-bond acceptors (Lipinski definition) is 4. The third-order valence-electron chi connectivity index (χ3n) is 1.76. The van der Waals surface area contributed by atoms with Gasteiger partial charge in [-0.25, -0.2) is 13.1 Å². The van der Waals surface area contributed by atoms with Crippen LogP contribution >= 0.6 is 11.6 Å². The first-order chi connectivity index (χ1) is 7.88. The summed E-state index contributed by atoms with van der Waals surface area (Å²) in [4.78, 5) is 20.3. The van der Waals surface area contributed by atoms with Crippen molar-refractivity contribution in [2.45, 2.75) is 4.90 Å². The maximum absolute atomic E-state index is 11.1. The van der Waals surface area contributed by atoms with Gasteiger partial charge in [-0.3, -0.25) is 9.59 Å². The van der Waals surface area contributed by atoms with Crippen molar-refractivity contribution >= 4 is 33.5 Å². The van der Waals surface area contributed by atoms with Crippen LogP contribution in [0.3, 0.4) is 0 Å². The Kier molecular flexibility index (Phi) is 4.08. The molecule has 8 heteroatoms. The van der Waals surface area contributed by atoms with E-state index in [1.807, 2.05) is 4.72 Å². The quantitative estimate of drug-likeness (QED) is 0.725. The molecule has 0 bridgehead atoms. The Morgan fingerprint density at radius 1 is 1.35 bits per heavy atom. The zero-order valence-electron chi connectivity index (χ0n) is 8.38. The Balaban J connectivity index is 0.000000249. The highest BCUT2D eigenvalue weighted by Crippen LogP contribution is 2.20. The molecule has 0 aliphatic carbocycles. The number of carboxylic acids is 1. The monoisotopic (exact) mass is 277 g/mol. The molecule has 0 saturated heterocycles. The molecule has 0 radical (unpaired) electrons. The van der Waals surface area contributed by atoms with E-state index in [0.29, 0.717) is 0 Å². The van der Waals surface area contributed by atoms with Gasteiger partial charge in [0.25, 0.3) is 15.9 Å². The second kappa shape index (κ2) is 5.15. The van der Waals surface area contributed by atoms with Gasteiger partial charge in [0.2, 0.25) is 0 Å². The second-order valence-corrected chi connectivity index (χ2v) is 4.88. The Morgan fingerprint density at radius 3 is 2.35 bits per heavy atom. The summed E-state index contributed by atoms with van der Waals surface area (Å²) in [6, 6.07) is 6.09. The Bertz CT molecular complexity index is 554. The highest BCUT2D eigenvalue weighted by atomic mass is 35.5. The summed E-state index contributed by atoms with van der Waals surface area (Å²) in [6.45, 7) is 0. The molecule has 1 heterocycles. The number of halogens is 1. The summed E-state index contributed by atoms with van der Waals surface area (Å²) < 4.78 is 24.2. The number of hydrogen-bond donors (Lipinski definition) is 2. The van der Waals surface area contributed by atoms with Gasteiger partial charge in [-0.05, 0) is 12.1 Å². The number of carbonyl (C=O) groups is 2. The first-order valence-electron chi connectivity index (χ1n) is 4.32. The lowest BCUT2D eigenvalue weighted by atomic mass is 10.2. The van der Waals surface area contributed by atoms with E-state index in [0.717, 1.165) is 0 Å². The van der Waals surface area contributed by atoms with Crippen LogP contribution in [0.5, 0.6) is 0 Å². The van der Waals surface area contributed by atoms with Crippen molar-refractivity contribution in [1.82, 2.24) is 4.72 Å². The maximum Gasteiger partial charge on any atom is 0.318 e. The lowest BCUT2D eigenvalue weighted by molar-refractivity contribution is -0.134. The molecule has 0 aromatic heterocycles. The van der Waals surface area contributed by atoms with Crippen molar-refractivity contribution in [1.29, 1.82) is 0 Å².